The first-order chi connectivity index (χ1) is 14.5. The van der Waals surface area contributed by atoms with E-state index in [1.165, 1.54) is 29.5 Å². The van der Waals surface area contributed by atoms with E-state index in [1.807, 2.05) is 24.3 Å². The molecule has 1 atom stereocenters. The second-order valence-electron chi connectivity index (χ2n) is 6.00. The number of hydrogen-bond donors (Lipinski definition) is 1. The van der Waals surface area contributed by atoms with Crippen LogP contribution in [-0.2, 0) is 21.3 Å². The van der Waals surface area contributed by atoms with Crippen molar-refractivity contribution in [3.8, 4) is 22.1 Å². The summed E-state index contributed by atoms with van der Waals surface area (Å²) < 4.78 is 47.0. The van der Waals surface area contributed by atoms with Gasteiger partial charge in [0.15, 0.2) is 0 Å². The number of hydrogen-bond acceptors (Lipinski definition) is 6. The smallest absolute Gasteiger partial charge is 0.387 e. The summed E-state index contributed by atoms with van der Waals surface area (Å²) in [5.74, 6) is -0.256. The van der Waals surface area contributed by atoms with Gasteiger partial charge < -0.3 is 14.8 Å². The molecule has 0 saturated heterocycles. The van der Waals surface area contributed by atoms with E-state index in [9.17, 15) is 17.8 Å². The van der Waals surface area contributed by atoms with E-state index < -0.39 is 23.3 Å². The first-order valence-corrected chi connectivity index (χ1v) is 11.1. The number of aromatic nitrogens is 1. The molecule has 30 heavy (non-hydrogen) atoms. The Bertz CT molecular complexity index is 1040. The third kappa shape index (κ3) is 5.83. The maximum atomic E-state index is 12.5. The van der Waals surface area contributed by atoms with Gasteiger partial charge in [-0.2, -0.15) is 8.78 Å². The van der Waals surface area contributed by atoms with Gasteiger partial charge in [0.05, 0.1) is 29.8 Å². The predicted octanol–water partition coefficient (Wildman–Crippen LogP) is 4.31. The van der Waals surface area contributed by atoms with Crippen molar-refractivity contribution in [3.63, 3.8) is 0 Å². The Morgan fingerprint density at radius 2 is 1.87 bits per heavy atom. The molecule has 0 radical (unpaired) electrons. The molecule has 0 spiro atoms. The number of carbonyl (C=O) groups is 1. The molecule has 1 N–H and O–H groups in total. The molecule has 158 valence electrons. The average molecular weight is 453 g/mol. The van der Waals surface area contributed by atoms with Crippen LogP contribution in [0, 0.1) is 0 Å². The van der Waals surface area contributed by atoms with Crippen molar-refractivity contribution < 1.29 is 27.3 Å². The number of ether oxygens (including phenoxy) is 2. The number of rotatable bonds is 9. The fourth-order valence-corrected chi connectivity index (χ4v) is 4.53. The molecule has 1 unspecified atom stereocenters. The summed E-state index contributed by atoms with van der Waals surface area (Å²) in [4.78, 5) is 16.7. The van der Waals surface area contributed by atoms with Gasteiger partial charge in [0.25, 0.3) is 0 Å². The topological polar surface area (TPSA) is 77.5 Å². The lowest BCUT2D eigenvalue weighted by Gasteiger charge is -2.11. The van der Waals surface area contributed by atoms with Crippen molar-refractivity contribution in [1.29, 1.82) is 0 Å². The Kier molecular flexibility index (Phi) is 7.47. The van der Waals surface area contributed by atoms with Crippen LogP contribution in [0.5, 0.6) is 11.5 Å². The molecule has 0 fully saturated rings. The Hall–Kier alpha value is -2.85. The zero-order valence-corrected chi connectivity index (χ0v) is 17.5. The standard InChI is InChI=1S/C20H18F2N2O4S2/c1-27-16-8-4-2-6-14(16)19-23-13(10-29-19)11-30(26)12-18(25)24-15-7-3-5-9-17(15)28-20(21)22/h2-10,20H,11-12H2,1H3,(H,24,25). The number of halogens is 2. The molecule has 0 aliphatic rings. The molecule has 0 saturated carbocycles. The van der Waals surface area contributed by atoms with E-state index in [2.05, 4.69) is 15.0 Å². The van der Waals surface area contributed by atoms with Crippen molar-refractivity contribution in [3.05, 3.63) is 59.6 Å². The van der Waals surface area contributed by atoms with Crippen LogP contribution >= 0.6 is 11.3 Å². The molecular weight excluding hydrogens is 434 g/mol. The third-order valence-electron chi connectivity index (χ3n) is 3.87. The molecule has 0 aliphatic heterocycles. The number of anilines is 1. The first kappa shape index (κ1) is 21.8. The molecular formula is C20H18F2N2O4S2. The number of benzene rings is 2. The molecule has 1 heterocycles. The molecule has 10 heteroatoms. The van der Waals surface area contributed by atoms with Crippen molar-refractivity contribution >= 4 is 33.7 Å². The Balaban J connectivity index is 1.60. The number of methoxy groups -OCH3 is 1. The van der Waals surface area contributed by atoms with Crippen LogP contribution in [0.1, 0.15) is 5.69 Å². The maximum absolute atomic E-state index is 12.5. The van der Waals surface area contributed by atoms with Gasteiger partial charge in [0.1, 0.15) is 22.3 Å². The van der Waals surface area contributed by atoms with E-state index >= 15 is 0 Å². The van der Waals surface area contributed by atoms with Gasteiger partial charge in [-0.15, -0.1) is 11.3 Å². The second kappa shape index (κ2) is 10.3. The van der Waals surface area contributed by atoms with Gasteiger partial charge in [-0.1, -0.05) is 24.3 Å². The maximum Gasteiger partial charge on any atom is 0.387 e. The normalized spacial score (nSPS) is 11.9. The second-order valence-corrected chi connectivity index (χ2v) is 8.31. The first-order valence-electron chi connectivity index (χ1n) is 8.72. The van der Waals surface area contributed by atoms with Gasteiger partial charge in [0.2, 0.25) is 5.91 Å². The fourth-order valence-electron chi connectivity index (χ4n) is 2.64. The highest BCUT2D eigenvalue weighted by atomic mass is 32.2. The van der Waals surface area contributed by atoms with E-state index in [4.69, 9.17) is 4.74 Å². The number of nitrogens with one attached hydrogen (secondary N) is 1. The highest BCUT2D eigenvalue weighted by Gasteiger charge is 2.16. The summed E-state index contributed by atoms with van der Waals surface area (Å²) in [6.07, 6.45) is 0. The third-order valence-corrected chi connectivity index (χ3v) is 5.99. The highest BCUT2D eigenvalue weighted by Crippen LogP contribution is 2.32. The number of carbonyl (C=O) groups excluding carboxylic acids is 1. The number of amides is 1. The Morgan fingerprint density at radius 1 is 1.17 bits per heavy atom. The van der Waals surface area contributed by atoms with E-state index in [1.54, 1.807) is 18.6 Å². The van der Waals surface area contributed by atoms with E-state index in [0.29, 0.717) is 11.4 Å². The van der Waals surface area contributed by atoms with Crippen molar-refractivity contribution in [1.82, 2.24) is 4.98 Å². The largest absolute Gasteiger partial charge is 0.496 e. The summed E-state index contributed by atoms with van der Waals surface area (Å²) in [7, 11) is 0.0445. The van der Waals surface area contributed by atoms with Crippen LogP contribution in [0.15, 0.2) is 53.9 Å². The van der Waals surface area contributed by atoms with E-state index in [0.717, 1.165) is 10.6 Å². The monoisotopic (exact) mass is 452 g/mol. The van der Waals surface area contributed by atoms with Crippen LogP contribution in [-0.4, -0.2) is 34.6 Å². The average Bonchev–Trinajstić information content (AvgIpc) is 3.17. The fraction of sp³-hybridized carbons (Fsp3) is 0.200. The minimum atomic E-state index is -3.01. The van der Waals surface area contributed by atoms with Gasteiger partial charge in [-0.3, -0.25) is 9.00 Å². The number of nitrogens with zero attached hydrogens (tertiary/aromatic N) is 1. The van der Waals surface area contributed by atoms with Crippen LogP contribution in [0.3, 0.4) is 0 Å². The number of thiazole rings is 1. The molecule has 2 aromatic carbocycles. The van der Waals surface area contributed by atoms with Crippen LogP contribution < -0.4 is 14.8 Å². The zero-order chi connectivity index (χ0) is 21.5. The highest BCUT2D eigenvalue weighted by molar-refractivity contribution is 7.85. The number of para-hydroxylation sites is 3. The quantitative estimate of drug-likeness (QED) is 0.524. The van der Waals surface area contributed by atoms with Crippen molar-refractivity contribution in [2.45, 2.75) is 12.4 Å². The minimum Gasteiger partial charge on any atom is -0.496 e. The molecule has 1 aromatic heterocycles. The molecule has 3 rings (SSSR count). The van der Waals surface area contributed by atoms with Crippen LogP contribution in [0.4, 0.5) is 14.5 Å². The van der Waals surface area contributed by atoms with Gasteiger partial charge >= 0.3 is 6.61 Å². The predicted molar refractivity (Wildman–Crippen MR) is 113 cm³/mol. The molecule has 0 aliphatic carbocycles. The summed E-state index contributed by atoms with van der Waals surface area (Å²) in [5, 5.41) is 4.96. The number of alkyl halides is 2. The summed E-state index contributed by atoms with van der Waals surface area (Å²) in [6.45, 7) is -3.01. The Labute approximate surface area is 178 Å². The lowest BCUT2D eigenvalue weighted by atomic mass is 10.2. The minimum absolute atomic E-state index is 0.0897. The lowest BCUT2D eigenvalue weighted by Crippen LogP contribution is -2.21. The molecule has 0 bridgehead atoms. The zero-order valence-electron chi connectivity index (χ0n) is 15.8. The summed E-state index contributed by atoms with van der Waals surface area (Å²) in [6, 6.07) is 13.3. The van der Waals surface area contributed by atoms with Crippen molar-refractivity contribution in [2.24, 2.45) is 0 Å². The molecule has 3 aromatic rings. The van der Waals surface area contributed by atoms with Gasteiger partial charge in [0, 0.05) is 16.2 Å². The van der Waals surface area contributed by atoms with Crippen LogP contribution in [0.2, 0.25) is 0 Å². The van der Waals surface area contributed by atoms with Crippen molar-refractivity contribution in [2.75, 3.05) is 18.2 Å². The van der Waals surface area contributed by atoms with Gasteiger partial charge in [-0.25, -0.2) is 4.98 Å². The van der Waals surface area contributed by atoms with Crippen LogP contribution in [0.25, 0.3) is 10.6 Å². The summed E-state index contributed by atoms with van der Waals surface area (Å²) in [5.41, 5.74) is 1.51. The summed E-state index contributed by atoms with van der Waals surface area (Å²) >= 11 is 1.39. The van der Waals surface area contributed by atoms with Gasteiger partial charge in [-0.05, 0) is 24.3 Å². The Morgan fingerprint density at radius 3 is 2.60 bits per heavy atom. The SMILES string of the molecule is COc1ccccc1-c1nc(CS(=O)CC(=O)Nc2ccccc2OC(F)F)cs1. The molecule has 6 nitrogen and oxygen atoms in total. The lowest BCUT2D eigenvalue weighted by molar-refractivity contribution is -0.113. The molecule has 1 amide bonds. The van der Waals surface area contributed by atoms with E-state index in [-0.39, 0.29) is 22.9 Å².